The molecule has 0 bridgehead atoms. The van der Waals surface area contributed by atoms with Crippen LogP contribution in [-0.4, -0.2) is 17.1 Å². The van der Waals surface area contributed by atoms with Gasteiger partial charge in [0.2, 0.25) is 0 Å². The first-order valence-electron chi connectivity index (χ1n) is 5.55. The highest BCUT2D eigenvalue weighted by Crippen LogP contribution is 2.20. The van der Waals surface area contributed by atoms with Crippen LogP contribution in [0.4, 0.5) is 5.82 Å². The Labute approximate surface area is 111 Å². The zero-order valence-corrected chi connectivity index (χ0v) is 11.0. The molecule has 2 rings (SSSR count). The van der Waals surface area contributed by atoms with Gasteiger partial charge in [0.05, 0.1) is 13.3 Å². The second-order valence-corrected chi connectivity index (χ2v) is 4.30. The summed E-state index contributed by atoms with van der Waals surface area (Å²) in [6, 6.07) is 8.56. The number of nitrogens with one attached hydrogen (secondary N) is 1. The van der Waals surface area contributed by atoms with E-state index in [0.717, 1.165) is 5.56 Å². The summed E-state index contributed by atoms with van der Waals surface area (Å²) in [4.78, 5) is 8.07. The van der Waals surface area contributed by atoms with E-state index in [-0.39, 0.29) is 0 Å². The zero-order valence-electron chi connectivity index (χ0n) is 10.3. The van der Waals surface area contributed by atoms with Gasteiger partial charge in [0.1, 0.15) is 5.02 Å². The number of hydrogen-bond acceptors (Lipinski definition) is 4. The van der Waals surface area contributed by atoms with E-state index in [1.54, 1.807) is 0 Å². The van der Waals surface area contributed by atoms with Gasteiger partial charge in [0.25, 0.3) is 0 Å². The molecule has 0 radical (unpaired) electrons. The highest BCUT2D eigenvalue weighted by molar-refractivity contribution is 6.32. The largest absolute Gasteiger partial charge is 0.467 e. The fourth-order valence-electron chi connectivity index (χ4n) is 1.46. The van der Waals surface area contributed by atoms with Crippen molar-refractivity contribution < 1.29 is 4.74 Å². The third-order valence-corrected chi connectivity index (χ3v) is 2.76. The summed E-state index contributed by atoms with van der Waals surface area (Å²) in [5.41, 5.74) is 2.40. The lowest BCUT2D eigenvalue weighted by molar-refractivity contribution is 0.380. The number of aromatic nitrogens is 2. The Morgan fingerprint density at radius 1 is 1.28 bits per heavy atom. The normalized spacial score (nSPS) is 10.2. The minimum Gasteiger partial charge on any atom is -0.467 e. The van der Waals surface area contributed by atoms with Crippen LogP contribution in [0, 0.1) is 6.92 Å². The first-order valence-corrected chi connectivity index (χ1v) is 5.93. The summed E-state index contributed by atoms with van der Waals surface area (Å²) in [7, 11) is 1.52. The molecule has 0 unspecified atom stereocenters. The van der Waals surface area contributed by atoms with E-state index in [2.05, 4.69) is 46.5 Å². The van der Waals surface area contributed by atoms with E-state index in [4.69, 9.17) is 16.3 Å². The van der Waals surface area contributed by atoms with Crippen molar-refractivity contribution in [3.05, 3.63) is 46.6 Å². The number of hydrogen-bond donors (Lipinski definition) is 1. The summed E-state index contributed by atoms with van der Waals surface area (Å²) >= 11 is 6.00. The van der Waals surface area contributed by atoms with Gasteiger partial charge in [-0.25, -0.2) is 4.98 Å². The molecule has 0 saturated heterocycles. The minimum absolute atomic E-state index is 0.297. The number of aryl methyl sites for hydroxylation is 1. The maximum absolute atomic E-state index is 6.00. The van der Waals surface area contributed by atoms with Crippen molar-refractivity contribution in [3.63, 3.8) is 0 Å². The predicted molar refractivity (Wildman–Crippen MR) is 72.1 cm³/mol. The second kappa shape index (κ2) is 5.69. The van der Waals surface area contributed by atoms with Gasteiger partial charge >= 0.3 is 6.01 Å². The molecule has 0 aliphatic heterocycles. The molecule has 2 aromatic rings. The van der Waals surface area contributed by atoms with Crippen molar-refractivity contribution >= 4 is 17.4 Å². The van der Waals surface area contributed by atoms with Gasteiger partial charge in [-0.1, -0.05) is 41.4 Å². The van der Waals surface area contributed by atoms with Crippen LogP contribution >= 0.6 is 11.6 Å². The van der Waals surface area contributed by atoms with E-state index in [1.807, 2.05) is 0 Å². The summed E-state index contributed by atoms with van der Waals surface area (Å²) in [5, 5.41) is 3.64. The Morgan fingerprint density at radius 3 is 2.67 bits per heavy atom. The Morgan fingerprint density at radius 2 is 2.00 bits per heavy atom. The lowest BCUT2D eigenvalue weighted by atomic mass is 10.1. The van der Waals surface area contributed by atoms with Crippen LogP contribution in [0.2, 0.25) is 5.02 Å². The average molecular weight is 264 g/mol. The van der Waals surface area contributed by atoms with Crippen LogP contribution in [0.25, 0.3) is 0 Å². The summed E-state index contributed by atoms with van der Waals surface area (Å²) in [6.45, 7) is 2.71. The van der Waals surface area contributed by atoms with E-state index in [1.165, 1.54) is 18.9 Å². The molecule has 94 valence electrons. The first kappa shape index (κ1) is 12.6. The third-order valence-electron chi connectivity index (χ3n) is 2.49. The Balaban J connectivity index is 2.07. The molecule has 0 amide bonds. The van der Waals surface area contributed by atoms with Crippen LogP contribution in [0.1, 0.15) is 11.1 Å². The second-order valence-electron chi connectivity index (χ2n) is 3.89. The van der Waals surface area contributed by atoms with E-state index >= 15 is 0 Å². The number of methoxy groups -OCH3 is 1. The molecule has 0 aliphatic rings. The highest BCUT2D eigenvalue weighted by atomic mass is 35.5. The molecule has 0 fully saturated rings. The molecule has 0 aliphatic carbocycles. The Bertz CT molecular complexity index is 528. The fraction of sp³-hybridized carbons (Fsp3) is 0.231. The molecule has 0 saturated carbocycles. The Hall–Kier alpha value is -1.81. The smallest absolute Gasteiger partial charge is 0.318 e. The average Bonchev–Trinajstić information content (AvgIpc) is 2.40. The third kappa shape index (κ3) is 3.11. The van der Waals surface area contributed by atoms with Crippen molar-refractivity contribution in [2.24, 2.45) is 0 Å². The number of halogens is 1. The van der Waals surface area contributed by atoms with Crippen LogP contribution < -0.4 is 10.1 Å². The van der Waals surface area contributed by atoms with Crippen molar-refractivity contribution in [1.82, 2.24) is 9.97 Å². The molecule has 4 nitrogen and oxygen atoms in total. The van der Waals surface area contributed by atoms with Crippen molar-refractivity contribution in [1.29, 1.82) is 0 Å². The molecule has 1 heterocycles. The van der Waals surface area contributed by atoms with Gasteiger partial charge < -0.3 is 10.1 Å². The van der Waals surface area contributed by atoms with Gasteiger partial charge in [0, 0.05) is 6.54 Å². The summed E-state index contributed by atoms with van der Waals surface area (Å²) in [5.74, 6) is 0.573. The lowest BCUT2D eigenvalue weighted by Crippen LogP contribution is -2.03. The van der Waals surface area contributed by atoms with Gasteiger partial charge in [-0.15, -0.1) is 0 Å². The van der Waals surface area contributed by atoms with Gasteiger partial charge in [-0.3, -0.25) is 0 Å². The lowest BCUT2D eigenvalue weighted by Gasteiger charge is -2.08. The topological polar surface area (TPSA) is 47.0 Å². The molecule has 1 N–H and O–H groups in total. The van der Waals surface area contributed by atoms with Crippen LogP contribution in [0.3, 0.4) is 0 Å². The van der Waals surface area contributed by atoms with Crippen LogP contribution in [0.5, 0.6) is 6.01 Å². The van der Waals surface area contributed by atoms with Gasteiger partial charge in [-0.2, -0.15) is 4.98 Å². The highest BCUT2D eigenvalue weighted by Gasteiger charge is 2.05. The maximum atomic E-state index is 6.00. The number of rotatable bonds is 4. The van der Waals surface area contributed by atoms with Gasteiger partial charge in [-0.05, 0) is 12.5 Å². The quantitative estimate of drug-likeness (QED) is 0.921. The number of nitrogens with zero attached hydrogens (tertiary/aromatic N) is 2. The number of ether oxygens (including phenoxy) is 1. The molecule has 0 atom stereocenters. The molecule has 18 heavy (non-hydrogen) atoms. The zero-order chi connectivity index (χ0) is 13.0. The van der Waals surface area contributed by atoms with Crippen molar-refractivity contribution in [2.75, 3.05) is 12.4 Å². The Kier molecular flexibility index (Phi) is 3.99. The fourth-order valence-corrected chi connectivity index (χ4v) is 1.62. The molecule has 1 aromatic heterocycles. The van der Waals surface area contributed by atoms with Crippen molar-refractivity contribution in [2.45, 2.75) is 13.5 Å². The van der Waals surface area contributed by atoms with E-state index < -0.39 is 0 Å². The standard InChI is InChI=1S/C13H14ClN3O/c1-9-3-5-10(6-4-9)7-15-12-11(14)8-16-13(17-12)18-2/h3-6,8H,7H2,1-2H3,(H,15,16,17). The first-order chi connectivity index (χ1) is 8.69. The molecule has 1 aromatic carbocycles. The van der Waals surface area contributed by atoms with Crippen molar-refractivity contribution in [3.8, 4) is 6.01 Å². The summed E-state index contributed by atoms with van der Waals surface area (Å²) < 4.78 is 4.96. The van der Waals surface area contributed by atoms with Gasteiger partial charge in [0.15, 0.2) is 5.82 Å². The monoisotopic (exact) mass is 263 g/mol. The molecule has 5 heteroatoms. The molecular weight excluding hydrogens is 250 g/mol. The van der Waals surface area contributed by atoms with Crippen LogP contribution in [-0.2, 0) is 6.54 Å². The number of benzene rings is 1. The maximum Gasteiger partial charge on any atom is 0.318 e. The van der Waals surface area contributed by atoms with E-state index in [0.29, 0.717) is 23.4 Å². The minimum atomic E-state index is 0.297. The van der Waals surface area contributed by atoms with Crippen LogP contribution in [0.15, 0.2) is 30.5 Å². The summed E-state index contributed by atoms with van der Waals surface area (Å²) in [6.07, 6.45) is 1.52. The predicted octanol–water partition coefficient (Wildman–Crippen LogP) is 3.06. The SMILES string of the molecule is COc1ncc(Cl)c(NCc2ccc(C)cc2)n1. The molecule has 0 spiro atoms. The van der Waals surface area contributed by atoms with E-state index in [9.17, 15) is 0 Å². The number of anilines is 1. The molecular formula is C13H14ClN3O.